The van der Waals surface area contributed by atoms with E-state index >= 15 is 0 Å². The van der Waals surface area contributed by atoms with Crippen molar-refractivity contribution in [3.8, 4) is 0 Å². The lowest BCUT2D eigenvalue weighted by molar-refractivity contribution is 0.281. The molecule has 0 saturated carbocycles. The number of hydrogen-bond acceptors (Lipinski definition) is 2. The second-order valence-corrected chi connectivity index (χ2v) is 6.52. The van der Waals surface area contributed by atoms with Gasteiger partial charge >= 0.3 is 0 Å². The predicted molar refractivity (Wildman–Crippen MR) is 88.3 cm³/mol. The van der Waals surface area contributed by atoms with E-state index in [2.05, 4.69) is 55.3 Å². The van der Waals surface area contributed by atoms with Gasteiger partial charge in [0.1, 0.15) is 0 Å². The van der Waals surface area contributed by atoms with E-state index in [1.54, 1.807) is 0 Å². The number of likely N-dealkylation sites (tertiary alicyclic amines) is 1. The summed E-state index contributed by atoms with van der Waals surface area (Å²) < 4.78 is 0. The van der Waals surface area contributed by atoms with Gasteiger partial charge in [0.2, 0.25) is 0 Å². The Kier molecular flexibility index (Phi) is 5.90. The summed E-state index contributed by atoms with van der Waals surface area (Å²) in [7, 11) is 0. The minimum atomic E-state index is 0.847. The van der Waals surface area contributed by atoms with Crippen molar-refractivity contribution in [3.63, 3.8) is 0 Å². The number of nitrogens with zero attached hydrogens (tertiary/aromatic N) is 1. The molecular weight excluding hydrogens is 244 g/mol. The SMILES string of the molecule is Cc1ccccc1NCCN1CCCC(C(C)C)CC1. The lowest BCUT2D eigenvalue weighted by Gasteiger charge is -2.21. The van der Waals surface area contributed by atoms with Crippen molar-refractivity contribution in [2.75, 3.05) is 31.5 Å². The van der Waals surface area contributed by atoms with Crippen LogP contribution in [-0.2, 0) is 0 Å². The van der Waals surface area contributed by atoms with E-state index in [9.17, 15) is 0 Å². The third-order valence-electron chi connectivity index (χ3n) is 4.70. The van der Waals surface area contributed by atoms with Crippen molar-refractivity contribution >= 4 is 5.69 Å². The van der Waals surface area contributed by atoms with Gasteiger partial charge in [0, 0.05) is 18.8 Å². The first kappa shape index (κ1) is 15.4. The van der Waals surface area contributed by atoms with Crippen LogP contribution in [-0.4, -0.2) is 31.1 Å². The molecule has 1 atom stereocenters. The molecule has 0 aromatic heterocycles. The summed E-state index contributed by atoms with van der Waals surface area (Å²) in [6, 6.07) is 8.55. The van der Waals surface area contributed by atoms with Crippen LogP contribution in [0.5, 0.6) is 0 Å². The van der Waals surface area contributed by atoms with Gasteiger partial charge in [-0.15, -0.1) is 0 Å². The van der Waals surface area contributed by atoms with E-state index in [1.165, 1.54) is 50.1 Å². The highest BCUT2D eigenvalue weighted by atomic mass is 15.1. The summed E-state index contributed by atoms with van der Waals surface area (Å²) in [5.41, 5.74) is 2.62. The molecule has 1 aromatic carbocycles. The van der Waals surface area contributed by atoms with Crippen LogP contribution < -0.4 is 5.32 Å². The number of rotatable bonds is 5. The average molecular weight is 274 g/mol. The molecule has 2 nitrogen and oxygen atoms in total. The Morgan fingerprint density at radius 2 is 2.00 bits per heavy atom. The Hall–Kier alpha value is -1.02. The minimum Gasteiger partial charge on any atom is -0.384 e. The maximum Gasteiger partial charge on any atom is 0.0370 e. The molecule has 0 radical (unpaired) electrons. The average Bonchev–Trinajstić information content (AvgIpc) is 2.67. The molecule has 0 bridgehead atoms. The third-order valence-corrected chi connectivity index (χ3v) is 4.70. The fraction of sp³-hybridized carbons (Fsp3) is 0.667. The minimum absolute atomic E-state index is 0.847. The number of aryl methyl sites for hydroxylation is 1. The largest absolute Gasteiger partial charge is 0.384 e. The van der Waals surface area contributed by atoms with Crippen LogP contribution in [0, 0.1) is 18.8 Å². The Labute approximate surface area is 124 Å². The van der Waals surface area contributed by atoms with Crippen LogP contribution in [0.25, 0.3) is 0 Å². The van der Waals surface area contributed by atoms with Gasteiger partial charge in [-0.3, -0.25) is 0 Å². The van der Waals surface area contributed by atoms with Crippen LogP contribution in [0.15, 0.2) is 24.3 Å². The van der Waals surface area contributed by atoms with Crippen molar-refractivity contribution in [2.45, 2.75) is 40.0 Å². The monoisotopic (exact) mass is 274 g/mol. The van der Waals surface area contributed by atoms with Crippen LogP contribution in [0.1, 0.15) is 38.7 Å². The molecule has 20 heavy (non-hydrogen) atoms. The standard InChI is InChI=1S/C18H30N2/c1-15(2)17-8-6-12-20(13-10-17)14-11-19-18-9-5-4-7-16(18)3/h4-5,7,9,15,17,19H,6,8,10-14H2,1-3H3. The molecule has 1 heterocycles. The van der Waals surface area contributed by atoms with Crippen LogP contribution in [0.4, 0.5) is 5.69 Å². The van der Waals surface area contributed by atoms with Gasteiger partial charge in [-0.2, -0.15) is 0 Å². The summed E-state index contributed by atoms with van der Waals surface area (Å²) in [6.45, 7) is 11.7. The molecule has 2 rings (SSSR count). The number of hydrogen-bond donors (Lipinski definition) is 1. The molecule has 112 valence electrons. The summed E-state index contributed by atoms with van der Waals surface area (Å²) in [5, 5.41) is 3.57. The highest BCUT2D eigenvalue weighted by molar-refractivity contribution is 5.50. The lowest BCUT2D eigenvalue weighted by atomic mass is 9.89. The number of para-hydroxylation sites is 1. The molecule has 2 heteroatoms. The van der Waals surface area contributed by atoms with Gasteiger partial charge in [-0.25, -0.2) is 0 Å². The fourth-order valence-electron chi connectivity index (χ4n) is 3.19. The van der Waals surface area contributed by atoms with Gasteiger partial charge in [0.15, 0.2) is 0 Å². The molecule has 1 aromatic rings. The van der Waals surface area contributed by atoms with Gasteiger partial charge < -0.3 is 10.2 Å². The van der Waals surface area contributed by atoms with Crippen molar-refractivity contribution in [2.24, 2.45) is 11.8 Å². The second-order valence-electron chi connectivity index (χ2n) is 6.52. The molecule has 1 saturated heterocycles. The molecule has 1 N–H and O–H groups in total. The van der Waals surface area contributed by atoms with Crippen molar-refractivity contribution in [1.82, 2.24) is 4.90 Å². The molecule has 0 aliphatic carbocycles. The Balaban J connectivity index is 1.73. The van der Waals surface area contributed by atoms with Gasteiger partial charge in [0.25, 0.3) is 0 Å². The quantitative estimate of drug-likeness (QED) is 0.867. The smallest absolute Gasteiger partial charge is 0.0370 e. The van der Waals surface area contributed by atoms with E-state index in [0.717, 1.165) is 18.4 Å². The first-order valence-electron chi connectivity index (χ1n) is 8.18. The lowest BCUT2D eigenvalue weighted by Crippen LogP contribution is -2.30. The molecule has 1 fully saturated rings. The highest BCUT2D eigenvalue weighted by Crippen LogP contribution is 2.24. The zero-order valence-electron chi connectivity index (χ0n) is 13.4. The van der Waals surface area contributed by atoms with Crippen LogP contribution in [0.3, 0.4) is 0 Å². The number of nitrogens with one attached hydrogen (secondary N) is 1. The first-order chi connectivity index (χ1) is 9.66. The van der Waals surface area contributed by atoms with E-state index in [4.69, 9.17) is 0 Å². The molecule has 0 spiro atoms. The Bertz CT molecular complexity index is 400. The Morgan fingerprint density at radius 1 is 1.20 bits per heavy atom. The molecule has 1 aliphatic heterocycles. The van der Waals surface area contributed by atoms with Gasteiger partial charge in [-0.05, 0) is 62.7 Å². The second kappa shape index (κ2) is 7.68. The van der Waals surface area contributed by atoms with Gasteiger partial charge in [0.05, 0.1) is 0 Å². The maximum atomic E-state index is 3.57. The highest BCUT2D eigenvalue weighted by Gasteiger charge is 2.18. The molecule has 0 amide bonds. The molecule has 1 aliphatic rings. The third kappa shape index (κ3) is 4.52. The zero-order chi connectivity index (χ0) is 14.4. The van der Waals surface area contributed by atoms with Gasteiger partial charge in [-0.1, -0.05) is 32.0 Å². The summed E-state index contributed by atoms with van der Waals surface area (Å²) >= 11 is 0. The van der Waals surface area contributed by atoms with E-state index < -0.39 is 0 Å². The number of anilines is 1. The molecular formula is C18H30N2. The van der Waals surface area contributed by atoms with Crippen LogP contribution >= 0.6 is 0 Å². The number of benzene rings is 1. The van der Waals surface area contributed by atoms with Crippen molar-refractivity contribution in [3.05, 3.63) is 29.8 Å². The zero-order valence-corrected chi connectivity index (χ0v) is 13.4. The topological polar surface area (TPSA) is 15.3 Å². The van der Waals surface area contributed by atoms with E-state index in [0.29, 0.717) is 0 Å². The van der Waals surface area contributed by atoms with Crippen LogP contribution in [0.2, 0.25) is 0 Å². The summed E-state index contributed by atoms with van der Waals surface area (Å²) in [4.78, 5) is 2.63. The van der Waals surface area contributed by atoms with Crippen molar-refractivity contribution < 1.29 is 0 Å². The summed E-state index contributed by atoms with van der Waals surface area (Å²) in [5.74, 6) is 1.78. The fourth-order valence-corrected chi connectivity index (χ4v) is 3.19. The normalized spacial score (nSPS) is 20.9. The first-order valence-corrected chi connectivity index (χ1v) is 8.18. The van der Waals surface area contributed by atoms with Crippen molar-refractivity contribution in [1.29, 1.82) is 0 Å². The predicted octanol–water partition coefficient (Wildman–Crippen LogP) is 4.17. The Morgan fingerprint density at radius 3 is 2.75 bits per heavy atom. The maximum absolute atomic E-state index is 3.57. The van der Waals surface area contributed by atoms with E-state index in [-0.39, 0.29) is 0 Å². The molecule has 1 unspecified atom stereocenters. The summed E-state index contributed by atoms with van der Waals surface area (Å²) in [6.07, 6.45) is 4.16. The van der Waals surface area contributed by atoms with E-state index in [1.807, 2.05) is 0 Å².